The average molecular weight is 252 g/mol. The van der Waals surface area contributed by atoms with Crippen molar-refractivity contribution in [2.45, 2.75) is 25.1 Å². The SMILES string of the molecule is CC(C)S(=O)(=O)NC(=O)C1CSCCN1. The van der Waals surface area contributed by atoms with Crippen molar-refractivity contribution in [1.29, 1.82) is 0 Å². The van der Waals surface area contributed by atoms with Gasteiger partial charge in [-0.25, -0.2) is 8.42 Å². The summed E-state index contributed by atoms with van der Waals surface area (Å²) < 4.78 is 24.9. The lowest BCUT2D eigenvalue weighted by Crippen LogP contribution is -2.51. The Hall–Kier alpha value is -0.270. The quantitative estimate of drug-likeness (QED) is 0.711. The molecule has 7 heteroatoms. The van der Waals surface area contributed by atoms with Crippen LogP contribution in [0.4, 0.5) is 0 Å². The summed E-state index contributed by atoms with van der Waals surface area (Å²) in [6.07, 6.45) is 0. The minimum absolute atomic E-state index is 0.391. The molecule has 0 aliphatic carbocycles. The van der Waals surface area contributed by atoms with E-state index in [-0.39, 0.29) is 0 Å². The van der Waals surface area contributed by atoms with E-state index in [0.29, 0.717) is 5.75 Å². The molecule has 1 aliphatic rings. The number of thioether (sulfide) groups is 1. The van der Waals surface area contributed by atoms with Crippen LogP contribution < -0.4 is 10.0 Å². The summed E-state index contributed by atoms with van der Waals surface area (Å²) in [5, 5.41) is 2.40. The molecule has 1 fully saturated rings. The second kappa shape index (κ2) is 5.18. The number of hydrogen-bond donors (Lipinski definition) is 2. The summed E-state index contributed by atoms with van der Waals surface area (Å²) in [5.74, 6) is 1.14. The van der Waals surface area contributed by atoms with Crippen molar-refractivity contribution in [3.8, 4) is 0 Å². The molecule has 5 nitrogen and oxygen atoms in total. The minimum atomic E-state index is -3.50. The van der Waals surface area contributed by atoms with E-state index in [2.05, 4.69) is 10.0 Å². The Morgan fingerprint density at radius 1 is 1.53 bits per heavy atom. The van der Waals surface area contributed by atoms with Crippen molar-refractivity contribution >= 4 is 27.7 Å². The Kier molecular flexibility index (Phi) is 4.42. The van der Waals surface area contributed by atoms with Crippen LogP contribution in [0.3, 0.4) is 0 Å². The number of rotatable bonds is 3. The minimum Gasteiger partial charge on any atom is -0.304 e. The second-order valence-electron chi connectivity index (χ2n) is 3.64. The van der Waals surface area contributed by atoms with Gasteiger partial charge in [0.25, 0.3) is 5.91 Å². The van der Waals surface area contributed by atoms with Crippen LogP contribution in [-0.2, 0) is 14.8 Å². The van der Waals surface area contributed by atoms with Gasteiger partial charge in [-0.15, -0.1) is 0 Å². The maximum absolute atomic E-state index is 11.6. The molecule has 0 saturated carbocycles. The molecule has 0 aromatic heterocycles. The number of nitrogens with one attached hydrogen (secondary N) is 2. The predicted molar refractivity (Wildman–Crippen MR) is 61.3 cm³/mol. The highest BCUT2D eigenvalue weighted by Gasteiger charge is 2.26. The van der Waals surface area contributed by atoms with Crippen molar-refractivity contribution in [3.05, 3.63) is 0 Å². The van der Waals surface area contributed by atoms with E-state index in [9.17, 15) is 13.2 Å². The van der Waals surface area contributed by atoms with Gasteiger partial charge < -0.3 is 5.32 Å². The van der Waals surface area contributed by atoms with E-state index < -0.39 is 27.2 Å². The molecular formula is C8H16N2O3S2. The van der Waals surface area contributed by atoms with Gasteiger partial charge >= 0.3 is 0 Å². The highest BCUT2D eigenvalue weighted by atomic mass is 32.2. The maximum atomic E-state index is 11.6. The fourth-order valence-corrected chi connectivity index (χ4v) is 2.66. The van der Waals surface area contributed by atoms with Crippen molar-refractivity contribution in [2.75, 3.05) is 18.1 Å². The van der Waals surface area contributed by atoms with Gasteiger partial charge in [0.05, 0.1) is 11.3 Å². The lowest BCUT2D eigenvalue weighted by atomic mass is 10.3. The molecule has 1 saturated heterocycles. The number of carbonyl (C=O) groups is 1. The van der Waals surface area contributed by atoms with Gasteiger partial charge in [-0.2, -0.15) is 11.8 Å². The molecule has 15 heavy (non-hydrogen) atoms. The van der Waals surface area contributed by atoms with E-state index in [1.165, 1.54) is 0 Å². The summed E-state index contributed by atoms with van der Waals surface area (Å²) in [4.78, 5) is 11.6. The third-order valence-corrected chi connectivity index (χ3v) is 4.89. The summed E-state index contributed by atoms with van der Waals surface area (Å²) in [7, 11) is -3.50. The number of hydrogen-bond acceptors (Lipinski definition) is 5. The van der Waals surface area contributed by atoms with Crippen LogP contribution in [0.5, 0.6) is 0 Å². The third-order valence-electron chi connectivity index (χ3n) is 2.10. The number of sulfonamides is 1. The van der Waals surface area contributed by atoms with Gasteiger partial charge in [-0.05, 0) is 13.8 Å². The molecule has 0 spiro atoms. The zero-order chi connectivity index (χ0) is 11.5. The molecule has 1 atom stereocenters. The van der Waals surface area contributed by atoms with Crippen molar-refractivity contribution < 1.29 is 13.2 Å². The topological polar surface area (TPSA) is 75.3 Å². The predicted octanol–water partition coefficient (Wildman–Crippen LogP) is -0.454. The molecule has 0 aromatic carbocycles. The fraction of sp³-hybridized carbons (Fsp3) is 0.875. The van der Waals surface area contributed by atoms with E-state index >= 15 is 0 Å². The Morgan fingerprint density at radius 2 is 2.20 bits per heavy atom. The van der Waals surface area contributed by atoms with Gasteiger partial charge in [-0.1, -0.05) is 0 Å². The van der Waals surface area contributed by atoms with Crippen LogP contribution in [0, 0.1) is 0 Å². The van der Waals surface area contributed by atoms with Crippen molar-refractivity contribution in [1.82, 2.24) is 10.0 Å². The van der Waals surface area contributed by atoms with Gasteiger partial charge in [-0.3, -0.25) is 9.52 Å². The normalized spacial score (nSPS) is 22.7. The van der Waals surface area contributed by atoms with Gasteiger partial charge in [0.2, 0.25) is 10.0 Å². The Balaban J connectivity index is 2.55. The van der Waals surface area contributed by atoms with Crippen LogP contribution >= 0.6 is 11.8 Å². The molecule has 0 radical (unpaired) electrons. The molecule has 1 heterocycles. The molecule has 1 unspecified atom stereocenters. The molecule has 1 aliphatic heterocycles. The number of amides is 1. The first kappa shape index (κ1) is 12.8. The summed E-state index contributed by atoms with van der Waals surface area (Å²) in [6, 6.07) is -0.391. The monoisotopic (exact) mass is 252 g/mol. The van der Waals surface area contributed by atoms with E-state index in [0.717, 1.165) is 12.3 Å². The Labute approximate surface area is 94.4 Å². The Morgan fingerprint density at radius 3 is 2.67 bits per heavy atom. The zero-order valence-electron chi connectivity index (χ0n) is 8.82. The van der Waals surface area contributed by atoms with Crippen LogP contribution in [0.25, 0.3) is 0 Å². The molecule has 0 bridgehead atoms. The molecule has 1 rings (SSSR count). The van der Waals surface area contributed by atoms with Crippen LogP contribution in [-0.4, -0.2) is 43.7 Å². The summed E-state index contributed by atoms with van der Waals surface area (Å²) in [6.45, 7) is 3.82. The molecule has 1 amide bonds. The largest absolute Gasteiger partial charge is 0.304 e. The number of carbonyl (C=O) groups excluding carboxylic acids is 1. The highest BCUT2D eigenvalue weighted by molar-refractivity contribution is 7.99. The van der Waals surface area contributed by atoms with Gasteiger partial charge in [0.15, 0.2) is 0 Å². The molecular weight excluding hydrogens is 236 g/mol. The third kappa shape index (κ3) is 3.66. The van der Waals surface area contributed by atoms with Crippen LogP contribution in [0.2, 0.25) is 0 Å². The molecule has 0 aromatic rings. The van der Waals surface area contributed by atoms with Crippen LogP contribution in [0.15, 0.2) is 0 Å². The molecule has 88 valence electrons. The smallest absolute Gasteiger partial charge is 0.251 e. The standard InChI is InChI=1S/C8H16N2O3S2/c1-6(2)15(12,13)10-8(11)7-5-14-4-3-9-7/h6-7,9H,3-5H2,1-2H3,(H,10,11). The van der Waals surface area contributed by atoms with E-state index in [1.54, 1.807) is 25.6 Å². The summed E-state index contributed by atoms with van der Waals surface area (Å²) >= 11 is 1.65. The van der Waals surface area contributed by atoms with Gasteiger partial charge in [0.1, 0.15) is 0 Å². The van der Waals surface area contributed by atoms with Crippen molar-refractivity contribution in [3.63, 3.8) is 0 Å². The van der Waals surface area contributed by atoms with E-state index in [1.807, 2.05) is 0 Å². The first-order valence-corrected chi connectivity index (χ1v) is 7.50. The lowest BCUT2D eigenvalue weighted by Gasteiger charge is -2.22. The first-order valence-electron chi connectivity index (χ1n) is 4.80. The molecule has 2 N–H and O–H groups in total. The zero-order valence-corrected chi connectivity index (χ0v) is 10.5. The van der Waals surface area contributed by atoms with Gasteiger partial charge in [0, 0.05) is 18.1 Å². The average Bonchev–Trinajstić information content (AvgIpc) is 2.18. The first-order chi connectivity index (χ1) is 6.93. The van der Waals surface area contributed by atoms with Crippen molar-refractivity contribution in [2.24, 2.45) is 0 Å². The second-order valence-corrected chi connectivity index (χ2v) is 7.03. The van der Waals surface area contributed by atoms with E-state index in [4.69, 9.17) is 0 Å². The fourth-order valence-electron chi connectivity index (χ4n) is 1.06. The Bertz CT molecular complexity index is 321. The highest BCUT2D eigenvalue weighted by Crippen LogP contribution is 2.08. The lowest BCUT2D eigenvalue weighted by molar-refractivity contribution is -0.120. The maximum Gasteiger partial charge on any atom is 0.251 e. The summed E-state index contributed by atoms with van der Waals surface area (Å²) in [5.41, 5.74) is 0. The van der Waals surface area contributed by atoms with Crippen LogP contribution in [0.1, 0.15) is 13.8 Å².